The zero-order valence-electron chi connectivity index (χ0n) is 24.1. The van der Waals surface area contributed by atoms with Crippen molar-refractivity contribution in [3.63, 3.8) is 0 Å². The summed E-state index contributed by atoms with van der Waals surface area (Å²) in [6, 6.07) is 28.0. The number of hydrogen-bond donors (Lipinski definition) is 1. The van der Waals surface area contributed by atoms with E-state index in [0.717, 1.165) is 78.0 Å². The van der Waals surface area contributed by atoms with E-state index >= 15 is 0 Å². The van der Waals surface area contributed by atoms with Crippen LogP contribution >= 0.6 is 0 Å². The second kappa shape index (κ2) is 11.9. The van der Waals surface area contributed by atoms with Crippen molar-refractivity contribution in [1.82, 2.24) is 15.2 Å². The molecular formula is C34H35F3N4O2. The van der Waals surface area contributed by atoms with Gasteiger partial charge in [-0.1, -0.05) is 66.7 Å². The average Bonchev–Trinajstić information content (AvgIpc) is 3.29. The molecule has 0 radical (unpaired) electrons. The summed E-state index contributed by atoms with van der Waals surface area (Å²) in [5.74, 6) is 0.993. The molecule has 1 N–H and O–H groups in total. The van der Waals surface area contributed by atoms with Gasteiger partial charge in [0, 0.05) is 48.7 Å². The number of pyridine rings is 1. The number of amides is 1. The molecule has 6 rings (SSSR count). The Bertz CT molecular complexity index is 1550. The van der Waals surface area contributed by atoms with E-state index in [9.17, 15) is 18.0 Å². The van der Waals surface area contributed by atoms with Crippen LogP contribution in [-0.4, -0.2) is 60.9 Å². The molecule has 0 saturated carbocycles. The lowest BCUT2D eigenvalue weighted by Crippen LogP contribution is -2.50. The molecule has 0 bridgehead atoms. The van der Waals surface area contributed by atoms with Crippen molar-refractivity contribution in [3.8, 4) is 11.1 Å². The number of nitrogens with zero attached hydrogens (tertiary/aromatic N) is 3. The summed E-state index contributed by atoms with van der Waals surface area (Å²) < 4.78 is 44.6. The molecular weight excluding hydrogens is 553 g/mol. The van der Waals surface area contributed by atoms with Gasteiger partial charge in [0.2, 0.25) is 0 Å². The Hall–Kier alpha value is -4.11. The Morgan fingerprint density at radius 3 is 2.21 bits per heavy atom. The standard InChI is InChI=1S/C34H35F3N4O2/c1-24(40-19-21-41(22-20-40)31-17-16-25-10-2-7-15-30(25)39-31)9-8-18-33(43-32(42)38-23-34(35,36)37)28-13-5-3-11-26(28)27-12-4-6-14-29(27)33/h2-7,10-17,24H,8-9,18-23H2,1H3,(H,38,42). The Morgan fingerprint density at radius 2 is 1.53 bits per heavy atom. The fraction of sp³-hybridized carbons (Fsp3) is 0.353. The Labute approximate surface area is 249 Å². The largest absolute Gasteiger partial charge is 0.433 e. The first-order valence-corrected chi connectivity index (χ1v) is 14.8. The number of alkyl halides is 3. The quantitative estimate of drug-likeness (QED) is 0.237. The summed E-state index contributed by atoms with van der Waals surface area (Å²) in [5, 5.41) is 3.04. The highest BCUT2D eigenvalue weighted by atomic mass is 19.4. The fourth-order valence-electron chi connectivity index (χ4n) is 6.53. The maximum absolute atomic E-state index is 12.9. The van der Waals surface area contributed by atoms with Crippen LogP contribution in [0.15, 0.2) is 84.9 Å². The Morgan fingerprint density at radius 1 is 0.907 bits per heavy atom. The SMILES string of the molecule is CC(CCCC1(OC(=O)NCC(F)(F)F)c2ccccc2-c2ccccc21)N1CCN(c2ccc3ccccc3n2)CC1. The van der Waals surface area contributed by atoms with E-state index in [-0.39, 0.29) is 6.04 Å². The molecule has 0 spiro atoms. The number of piperazine rings is 1. The second-order valence-electron chi connectivity index (χ2n) is 11.4. The van der Waals surface area contributed by atoms with Gasteiger partial charge in [0.1, 0.15) is 12.4 Å². The van der Waals surface area contributed by atoms with Crippen LogP contribution in [0.3, 0.4) is 0 Å². The lowest BCUT2D eigenvalue weighted by Gasteiger charge is -2.39. The summed E-state index contributed by atoms with van der Waals surface area (Å²) in [6.45, 7) is 4.34. The van der Waals surface area contributed by atoms with E-state index in [4.69, 9.17) is 9.72 Å². The predicted octanol–water partition coefficient (Wildman–Crippen LogP) is 7.13. The van der Waals surface area contributed by atoms with Gasteiger partial charge in [-0.3, -0.25) is 4.90 Å². The number of hydrogen-bond acceptors (Lipinski definition) is 5. The number of carbonyl (C=O) groups excluding carboxylic acids is 1. The maximum Gasteiger partial charge on any atom is 0.408 e. The highest BCUT2D eigenvalue weighted by Gasteiger charge is 2.46. The molecule has 1 aliphatic heterocycles. The third-order valence-electron chi connectivity index (χ3n) is 8.71. The smallest absolute Gasteiger partial charge is 0.408 e. The van der Waals surface area contributed by atoms with Gasteiger partial charge < -0.3 is 15.0 Å². The van der Waals surface area contributed by atoms with E-state index in [1.807, 2.05) is 72.0 Å². The van der Waals surface area contributed by atoms with E-state index in [1.165, 1.54) is 0 Å². The average molecular weight is 589 g/mol. The number of para-hydroxylation sites is 1. The maximum atomic E-state index is 12.9. The number of halogens is 3. The number of alkyl carbamates (subject to hydrolysis) is 1. The number of anilines is 1. The highest BCUT2D eigenvalue weighted by Crippen LogP contribution is 2.52. The van der Waals surface area contributed by atoms with Crippen LogP contribution in [0.4, 0.5) is 23.8 Å². The molecule has 3 aromatic carbocycles. The Balaban J connectivity index is 1.13. The monoisotopic (exact) mass is 588 g/mol. The van der Waals surface area contributed by atoms with Crippen LogP contribution in [-0.2, 0) is 10.3 Å². The number of nitrogens with one attached hydrogen (secondary N) is 1. The van der Waals surface area contributed by atoms with Crippen LogP contribution in [0.2, 0.25) is 0 Å². The van der Waals surface area contributed by atoms with E-state index in [0.29, 0.717) is 6.42 Å². The van der Waals surface area contributed by atoms with Crippen LogP contribution in [0.25, 0.3) is 22.0 Å². The van der Waals surface area contributed by atoms with Gasteiger partial charge in [0.25, 0.3) is 0 Å². The number of aromatic nitrogens is 1. The van der Waals surface area contributed by atoms with Gasteiger partial charge >= 0.3 is 12.3 Å². The first-order chi connectivity index (χ1) is 20.7. The van der Waals surface area contributed by atoms with Gasteiger partial charge in [-0.05, 0) is 55.5 Å². The first-order valence-electron chi connectivity index (χ1n) is 14.8. The minimum absolute atomic E-state index is 0.287. The molecule has 4 aromatic rings. The number of carbonyl (C=O) groups is 1. The van der Waals surface area contributed by atoms with Crippen LogP contribution in [0, 0.1) is 0 Å². The second-order valence-corrected chi connectivity index (χ2v) is 11.4. The minimum atomic E-state index is -4.53. The zero-order chi connectivity index (χ0) is 30.0. The number of rotatable bonds is 8. The first kappa shape index (κ1) is 29.0. The number of benzene rings is 3. The normalized spacial score (nSPS) is 16.9. The van der Waals surface area contributed by atoms with Crippen molar-refractivity contribution in [3.05, 3.63) is 96.1 Å². The third-order valence-corrected chi connectivity index (χ3v) is 8.71. The van der Waals surface area contributed by atoms with Crippen molar-refractivity contribution >= 4 is 22.8 Å². The van der Waals surface area contributed by atoms with E-state index in [2.05, 4.69) is 34.9 Å². The van der Waals surface area contributed by atoms with Crippen molar-refractivity contribution < 1.29 is 22.7 Å². The zero-order valence-corrected chi connectivity index (χ0v) is 24.1. The van der Waals surface area contributed by atoms with Crippen molar-refractivity contribution in [2.45, 2.75) is 44.0 Å². The van der Waals surface area contributed by atoms with Gasteiger partial charge in [0.05, 0.1) is 5.52 Å². The highest BCUT2D eigenvalue weighted by molar-refractivity contribution is 5.82. The molecule has 6 nitrogen and oxygen atoms in total. The third kappa shape index (κ3) is 6.04. The number of fused-ring (bicyclic) bond motifs is 4. The van der Waals surface area contributed by atoms with Crippen LogP contribution in [0.5, 0.6) is 0 Å². The molecule has 43 heavy (non-hydrogen) atoms. The molecule has 1 unspecified atom stereocenters. The van der Waals surface area contributed by atoms with Crippen LogP contribution in [0.1, 0.15) is 37.3 Å². The summed E-state index contributed by atoms with van der Waals surface area (Å²) in [5.41, 5.74) is 3.32. The molecule has 1 aromatic heterocycles. The number of ether oxygens (including phenoxy) is 1. The van der Waals surface area contributed by atoms with Crippen molar-refractivity contribution in [2.24, 2.45) is 0 Å². The van der Waals surface area contributed by atoms with Gasteiger partial charge in [0.15, 0.2) is 5.60 Å². The predicted molar refractivity (Wildman–Crippen MR) is 162 cm³/mol. The molecule has 2 aliphatic rings. The van der Waals surface area contributed by atoms with Crippen LogP contribution < -0.4 is 10.2 Å². The summed E-state index contributed by atoms with van der Waals surface area (Å²) >= 11 is 0. The molecule has 1 fully saturated rings. The van der Waals surface area contributed by atoms with Crippen molar-refractivity contribution in [1.29, 1.82) is 0 Å². The molecule has 2 heterocycles. The lowest BCUT2D eigenvalue weighted by molar-refractivity contribution is -0.124. The summed E-state index contributed by atoms with van der Waals surface area (Å²) in [4.78, 5) is 22.4. The molecule has 1 amide bonds. The minimum Gasteiger partial charge on any atom is -0.433 e. The molecule has 224 valence electrons. The van der Waals surface area contributed by atoms with Gasteiger partial charge in [-0.15, -0.1) is 0 Å². The Kier molecular flexibility index (Phi) is 8.01. The lowest BCUT2D eigenvalue weighted by atomic mass is 9.85. The summed E-state index contributed by atoms with van der Waals surface area (Å²) in [7, 11) is 0. The van der Waals surface area contributed by atoms with Gasteiger partial charge in [-0.25, -0.2) is 9.78 Å². The fourth-order valence-corrected chi connectivity index (χ4v) is 6.53. The van der Waals surface area contributed by atoms with Gasteiger partial charge in [-0.2, -0.15) is 13.2 Å². The molecule has 9 heteroatoms. The molecule has 1 saturated heterocycles. The van der Waals surface area contributed by atoms with E-state index < -0.39 is 24.4 Å². The summed E-state index contributed by atoms with van der Waals surface area (Å²) in [6.07, 6.45) is -3.56. The topological polar surface area (TPSA) is 57.7 Å². The van der Waals surface area contributed by atoms with Crippen molar-refractivity contribution in [2.75, 3.05) is 37.6 Å². The molecule has 1 atom stereocenters. The molecule has 1 aliphatic carbocycles. The van der Waals surface area contributed by atoms with E-state index in [1.54, 1.807) is 0 Å².